The first-order valence-corrected chi connectivity index (χ1v) is 7.55. The summed E-state index contributed by atoms with van der Waals surface area (Å²) in [4.78, 5) is 13.9. The number of aryl methyl sites for hydroxylation is 4. The lowest BCUT2D eigenvalue weighted by Gasteiger charge is -2.12. The summed E-state index contributed by atoms with van der Waals surface area (Å²) < 4.78 is 0. The minimum atomic E-state index is 0.699. The van der Waals surface area contributed by atoms with Crippen LogP contribution in [-0.4, -0.2) is 21.0 Å². The predicted molar refractivity (Wildman–Crippen MR) is 84.1 cm³/mol. The van der Waals surface area contributed by atoms with Gasteiger partial charge in [-0.1, -0.05) is 6.07 Å². The highest BCUT2D eigenvalue weighted by Crippen LogP contribution is 2.23. The average molecular weight is 282 g/mol. The van der Waals surface area contributed by atoms with Gasteiger partial charge in [0, 0.05) is 35.7 Å². The summed E-state index contributed by atoms with van der Waals surface area (Å²) in [5.41, 5.74) is 6.48. The first-order valence-electron chi connectivity index (χ1n) is 7.55. The van der Waals surface area contributed by atoms with E-state index in [1.54, 1.807) is 0 Å². The van der Waals surface area contributed by atoms with Gasteiger partial charge in [-0.2, -0.15) is 0 Å². The lowest BCUT2D eigenvalue weighted by molar-refractivity contribution is 0.675. The standard InChI is InChI=1S/C17H22N4/c1-10-7-11(2)16(19-8-10)17-20-12(3)15(13(4)21-17)9-18-14-5-6-14/h7-8,14,18H,5-6,9H2,1-4H3. The van der Waals surface area contributed by atoms with Crippen molar-refractivity contribution in [1.29, 1.82) is 0 Å². The van der Waals surface area contributed by atoms with Gasteiger partial charge in [0.2, 0.25) is 0 Å². The number of nitrogens with one attached hydrogen (secondary N) is 1. The van der Waals surface area contributed by atoms with Crippen LogP contribution in [0.2, 0.25) is 0 Å². The molecule has 2 aromatic rings. The molecular formula is C17H22N4. The van der Waals surface area contributed by atoms with E-state index in [1.807, 2.05) is 13.1 Å². The van der Waals surface area contributed by atoms with Gasteiger partial charge in [-0.05, 0) is 51.7 Å². The Bertz CT molecular complexity index is 651. The van der Waals surface area contributed by atoms with Gasteiger partial charge in [0.15, 0.2) is 5.82 Å². The smallest absolute Gasteiger partial charge is 0.178 e. The SMILES string of the molecule is Cc1cnc(-c2nc(C)c(CNC3CC3)c(C)n2)c(C)c1. The van der Waals surface area contributed by atoms with E-state index in [9.17, 15) is 0 Å². The molecule has 4 heteroatoms. The lowest BCUT2D eigenvalue weighted by Crippen LogP contribution is -2.18. The Morgan fingerprint density at radius 1 is 1.10 bits per heavy atom. The first kappa shape index (κ1) is 14.1. The molecule has 2 heterocycles. The minimum Gasteiger partial charge on any atom is -0.310 e. The Labute approximate surface area is 126 Å². The number of rotatable bonds is 4. The first-order chi connectivity index (χ1) is 10.0. The van der Waals surface area contributed by atoms with Gasteiger partial charge in [-0.25, -0.2) is 9.97 Å². The van der Waals surface area contributed by atoms with Crippen molar-refractivity contribution in [3.8, 4) is 11.5 Å². The van der Waals surface area contributed by atoms with Crippen molar-refractivity contribution >= 4 is 0 Å². The molecule has 0 aromatic carbocycles. The van der Waals surface area contributed by atoms with E-state index in [2.05, 4.69) is 47.1 Å². The van der Waals surface area contributed by atoms with E-state index >= 15 is 0 Å². The van der Waals surface area contributed by atoms with Crippen LogP contribution in [-0.2, 0) is 6.54 Å². The van der Waals surface area contributed by atoms with Crippen molar-refractivity contribution in [2.45, 2.75) is 53.1 Å². The number of hydrogen-bond donors (Lipinski definition) is 1. The Morgan fingerprint density at radius 2 is 1.76 bits per heavy atom. The highest BCUT2D eigenvalue weighted by molar-refractivity contribution is 5.55. The monoisotopic (exact) mass is 282 g/mol. The third kappa shape index (κ3) is 3.10. The maximum absolute atomic E-state index is 4.68. The molecule has 0 unspecified atom stereocenters. The summed E-state index contributed by atoms with van der Waals surface area (Å²) in [6, 6.07) is 2.82. The van der Waals surface area contributed by atoms with Crippen LogP contribution in [0.3, 0.4) is 0 Å². The predicted octanol–water partition coefficient (Wildman–Crippen LogP) is 3.02. The highest BCUT2D eigenvalue weighted by Gasteiger charge is 2.21. The van der Waals surface area contributed by atoms with Gasteiger partial charge in [-0.15, -0.1) is 0 Å². The second-order valence-electron chi connectivity index (χ2n) is 6.03. The summed E-state index contributed by atoms with van der Waals surface area (Å²) in [5.74, 6) is 0.734. The molecule has 0 saturated heterocycles. The van der Waals surface area contributed by atoms with Crippen molar-refractivity contribution in [1.82, 2.24) is 20.3 Å². The number of aromatic nitrogens is 3. The lowest BCUT2D eigenvalue weighted by atomic mass is 10.1. The van der Waals surface area contributed by atoms with Crippen LogP contribution in [0.25, 0.3) is 11.5 Å². The van der Waals surface area contributed by atoms with Crippen LogP contribution in [0.1, 0.15) is 40.9 Å². The van der Waals surface area contributed by atoms with Gasteiger partial charge in [-0.3, -0.25) is 4.98 Å². The zero-order valence-corrected chi connectivity index (χ0v) is 13.2. The van der Waals surface area contributed by atoms with Crippen LogP contribution in [0.4, 0.5) is 0 Å². The van der Waals surface area contributed by atoms with E-state index in [0.717, 1.165) is 40.6 Å². The van der Waals surface area contributed by atoms with E-state index in [0.29, 0.717) is 6.04 Å². The normalized spacial score (nSPS) is 14.5. The Kier molecular flexibility index (Phi) is 3.72. The largest absolute Gasteiger partial charge is 0.310 e. The fourth-order valence-corrected chi connectivity index (χ4v) is 2.58. The van der Waals surface area contributed by atoms with Crippen molar-refractivity contribution in [3.05, 3.63) is 40.3 Å². The maximum Gasteiger partial charge on any atom is 0.178 e. The van der Waals surface area contributed by atoms with E-state index in [1.165, 1.54) is 18.4 Å². The molecule has 4 nitrogen and oxygen atoms in total. The number of nitrogens with zero attached hydrogens (tertiary/aromatic N) is 3. The number of pyridine rings is 1. The average Bonchev–Trinajstić information content (AvgIpc) is 3.21. The van der Waals surface area contributed by atoms with Gasteiger partial charge < -0.3 is 5.32 Å². The molecule has 1 N–H and O–H groups in total. The molecule has 110 valence electrons. The van der Waals surface area contributed by atoms with Crippen LogP contribution in [0.5, 0.6) is 0 Å². The van der Waals surface area contributed by atoms with Crippen molar-refractivity contribution in [3.63, 3.8) is 0 Å². The molecule has 0 bridgehead atoms. The fourth-order valence-electron chi connectivity index (χ4n) is 2.58. The van der Waals surface area contributed by atoms with Crippen molar-refractivity contribution in [2.75, 3.05) is 0 Å². The Morgan fingerprint density at radius 3 is 2.33 bits per heavy atom. The van der Waals surface area contributed by atoms with Crippen LogP contribution >= 0.6 is 0 Å². The summed E-state index contributed by atoms with van der Waals surface area (Å²) in [6.07, 6.45) is 4.46. The molecule has 0 aliphatic heterocycles. The number of hydrogen-bond acceptors (Lipinski definition) is 4. The summed E-state index contributed by atoms with van der Waals surface area (Å²) in [6.45, 7) is 9.10. The molecule has 1 saturated carbocycles. The third-order valence-corrected chi connectivity index (χ3v) is 3.99. The molecule has 3 rings (SSSR count). The van der Waals surface area contributed by atoms with E-state index in [4.69, 9.17) is 0 Å². The maximum atomic E-state index is 4.68. The van der Waals surface area contributed by atoms with Gasteiger partial charge in [0.05, 0.1) is 0 Å². The Balaban J connectivity index is 1.92. The highest BCUT2D eigenvalue weighted by atomic mass is 15.0. The molecular weight excluding hydrogens is 260 g/mol. The second-order valence-corrected chi connectivity index (χ2v) is 6.03. The fraction of sp³-hybridized carbons (Fsp3) is 0.471. The van der Waals surface area contributed by atoms with Gasteiger partial charge >= 0.3 is 0 Å². The van der Waals surface area contributed by atoms with Crippen molar-refractivity contribution < 1.29 is 0 Å². The molecule has 0 atom stereocenters. The summed E-state index contributed by atoms with van der Waals surface area (Å²) in [7, 11) is 0. The molecule has 1 fully saturated rings. The molecule has 21 heavy (non-hydrogen) atoms. The van der Waals surface area contributed by atoms with E-state index in [-0.39, 0.29) is 0 Å². The van der Waals surface area contributed by atoms with Crippen molar-refractivity contribution in [2.24, 2.45) is 0 Å². The topological polar surface area (TPSA) is 50.7 Å². The molecule has 1 aliphatic carbocycles. The van der Waals surface area contributed by atoms with Gasteiger partial charge in [0.1, 0.15) is 5.69 Å². The summed E-state index contributed by atoms with van der Waals surface area (Å²) >= 11 is 0. The zero-order chi connectivity index (χ0) is 15.0. The molecule has 0 amide bonds. The minimum absolute atomic E-state index is 0.699. The second kappa shape index (κ2) is 5.53. The Hall–Kier alpha value is -1.81. The van der Waals surface area contributed by atoms with Crippen LogP contribution < -0.4 is 5.32 Å². The van der Waals surface area contributed by atoms with E-state index < -0.39 is 0 Å². The van der Waals surface area contributed by atoms with Crippen LogP contribution in [0.15, 0.2) is 12.3 Å². The molecule has 1 aliphatic rings. The van der Waals surface area contributed by atoms with Gasteiger partial charge in [0.25, 0.3) is 0 Å². The molecule has 2 aromatic heterocycles. The zero-order valence-electron chi connectivity index (χ0n) is 13.2. The summed E-state index contributed by atoms with van der Waals surface area (Å²) in [5, 5.41) is 3.54. The molecule has 0 spiro atoms. The van der Waals surface area contributed by atoms with Crippen LogP contribution in [0, 0.1) is 27.7 Å². The quantitative estimate of drug-likeness (QED) is 0.936. The molecule has 0 radical (unpaired) electrons. The third-order valence-electron chi connectivity index (χ3n) is 3.99.